The molecular weight excluding hydrogens is 299 g/mol. The predicted molar refractivity (Wildman–Crippen MR) is 68.5 cm³/mol. The molecule has 0 radical (unpaired) electrons. The van der Waals surface area contributed by atoms with Gasteiger partial charge in [-0.05, 0) is 25.1 Å². The molecule has 0 aliphatic carbocycles. The van der Waals surface area contributed by atoms with E-state index in [0.29, 0.717) is 5.69 Å². The van der Waals surface area contributed by atoms with Gasteiger partial charge in [0.25, 0.3) is 0 Å². The number of benzene rings is 1. The van der Waals surface area contributed by atoms with Gasteiger partial charge >= 0.3 is 12.1 Å². The Bertz CT molecular complexity index is 625. The molecule has 0 bridgehead atoms. The highest BCUT2D eigenvalue weighted by Crippen LogP contribution is 2.31. The number of fused-ring (bicyclic) bond motifs is 1. The molecule has 1 heterocycles. The van der Waals surface area contributed by atoms with Crippen LogP contribution in [0.15, 0.2) is 22.6 Å². The smallest absolute Gasteiger partial charge is 0.433 e. The van der Waals surface area contributed by atoms with E-state index in [4.69, 9.17) is 5.73 Å². The minimum Gasteiger partial charge on any atom is -0.433 e. The molecule has 0 aliphatic rings. The Hall–Kier alpha value is -1.80. The van der Waals surface area contributed by atoms with Crippen molar-refractivity contribution in [3.63, 3.8) is 0 Å². The van der Waals surface area contributed by atoms with Crippen molar-refractivity contribution in [3.8, 4) is 0 Å². The van der Waals surface area contributed by atoms with Crippen molar-refractivity contribution in [1.29, 1.82) is 0 Å². The fourth-order valence-corrected chi connectivity index (χ4v) is 1.38. The maximum Gasteiger partial charge on any atom is 0.468 e. The van der Waals surface area contributed by atoms with Crippen LogP contribution in [0.25, 0.3) is 11.1 Å². The summed E-state index contributed by atoms with van der Waals surface area (Å²) >= 11 is 0. The summed E-state index contributed by atoms with van der Waals surface area (Å²) in [6.07, 6.45) is -4.64. The fraction of sp³-hybridized carbons (Fsp3) is 0.273. The van der Waals surface area contributed by atoms with Gasteiger partial charge in [0.1, 0.15) is 5.52 Å². The van der Waals surface area contributed by atoms with Gasteiger partial charge in [-0.2, -0.15) is 13.2 Å². The van der Waals surface area contributed by atoms with Gasteiger partial charge in [0.15, 0.2) is 5.58 Å². The molecule has 1 aromatic heterocycles. The highest BCUT2D eigenvalue weighted by molar-refractivity contribution is 5.95. The van der Waals surface area contributed by atoms with Gasteiger partial charge in [-0.3, -0.25) is 4.79 Å². The zero-order valence-corrected chi connectivity index (χ0v) is 11.0. The molecule has 110 valence electrons. The maximum atomic E-state index is 12.4. The Labute approximate surface area is 117 Å². The maximum absolute atomic E-state index is 12.4. The Morgan fingerprint density at radius 2 is 2.10 bits per heavy atom. The van der Waals surface area contributed by atoms with Crippen LogP contribution in [0.4, 0.5) is 18.9 Å². The molecule has 1 aromatic carbocycles. The lowest BCUT2D eigenvalue weighted by Crippen LogP contribution is -2.32. The van der Waals surface area contributed by atoms with Gasteiger partial charge in [0.05, 0.1) is 6.04 Å². The molecule has 3 N–H and O–H groups in total. The first-order chi connectivity index (χ1) is 8.77. The number of hydrogen-bond donors (Lipinski definition) is 2. The van der Waals surface area contributed by atoms with Crippen molar-refractivity contribution in [3.05, 3.63) is 24.1 Å². The number of halogens is 4. The predicted octanol–water partition coefficient (Wildman–Crippen LogP) is 2.55. The lowest BCUT2D eigenvalue weighted by molar-refractivity contribution is -0.156. The van der Waals surface area contributed by atoms with E-state index >= 15 is 0 Å². The molecule has 0 saturated carbocycles. The van der Waals surface area contributed by atoms with Crippen molar-refractivity contribution in [2.75, 3.05) is 5.32 Å². The molecule has 0 aliphatic heterocycles. The van der Waals surface area contributed by atoms with Crippen LogP contribution < -0.4 is 11.1 Å². The number of nitrogens with two attached hydrogens (primary N) is 1. The Morgan fingerprint density at radius 1 is 1.45 bits per heavy atom. The van der Waals surface area contributed by atoms with Crippen molar-refractivity contribution in [2.24, 2.45) is 5.73 Å². The highest BCUT2D eigenvalue weighted by Gasteiger charge is 2.37. The van der Waals surface area contributed by atoms with E-state index in [1.165, 1.54) is 25.1 Å². The van der Waals surface area contributed by atoms with E-state index in [-0.39, 0.29) is 23.5 Å². The van der Waals surface area contributed by atoms with E-state index in [1.807, 2.05) is 0 Å². The van der Waals surface area contributed by atoms with Gasteiger partial charge in [-0.15, -0.1) is 12.4 Å². The van der Waals surface area contributed by atoms with Gasteiger partial charge in [-0.1, -0.05) is 0 Å². The van der Waals surface area contributed by atoms with Crippen LogP contribution in [0.5, 0.6) is 0 Å². The molecule has 0 spiro atoms. The topological polar surface area (TPSA) is 81.2 Å². The first-order valence-corrected chi connectivity index (χ1v) is 5.31. The van der Waals surface area contributed by atoms with Crippen molar-refractivity contribution < 1.29 is 22.4 Å². The normalized spacial score (nSPS) is 12.8. The Balaban J connectivity index is 0.00000200. The summed E-state index contributed by atoms with van der Waals surface area (Å²) in [5.74, 6) is -1.77. The average molecular weight is 310 g/mol. The zero-order valence-electron chi connectivity index (χ0n) is 10.2. The number of alkyl halides is 3. The molecule has 2 rings (SSSR count). The number of carbonyl (C=O) groups is 1. The first kappa shape index (κ1) is 16.3. The monoisotopic (exact) mass is 309 g/mol. The fourth-order valence-electron chi connectivity index (χ4n) is 1.38. The SMILES string of the molecule is C[C@H](N)C(=O)Nc1ccc2oc(C(F)(F)F)nc2c1.Cl. The quantitative estimate of drug-likeness (QED) is 0.893. The summed E-state index contributed by atoms with van der Waals surface area (Å²) in [5, 5.41) is 2.45. The largest absolute Gasteiger partial charge is 0.468 e. The van der Waals surface area contributed by atoms with Gasteiger partial charge < -0.3 is 15.5 Å². The third-order valence-electron chi connectivity index (χ3n) is 2.31. The summed E-state index contributed by atoms with van der Waals surface area (Å²) in [5.41, 5.74) is 5.67. The first-order valence-electron chi connectivity index (χ1n) is 5.31. The molecule has 5 nitrogen and oxygen atoms in total. The average Bonchev–Trinajstić information content (AvgIpc) is 2.71. The molecule has 1 atom stereocenters. The van der Waals surface area contributed by atoms with Crippen LogP contribution in [0.2, 0.25) is 0 Å². The van der Waals surface area contributed by atoms with Gasteiger partial charge in [0.2, 0.25) is 5.91 Å². The lowest BCUT2D eigenvalue weighted by Gasteiger charge is -2.06. The standard InChI is InChI=1S/C11H10F3N3O2.ClH/c1-5(15)9(18)16-6-2-3-8-7(4-6)17-10(19-8)11(12,13)14;/h2-5H,15H2,1H3,(H,16,18);1H/t5-;/m0./s1. The van der Waals surface area contributed by atoms with Crippen LogP contribution in [0.3, 0.4) is 0 Å². The molecule has 20 heavy (non-hydrogen) atoms. The third-order valence-corrected chi connectivity index (χ3v) is 2.31. The van der Waals surface area contributed by atoms with E-state index in [1.54, 1.807) is 0 Å². The lowest BCUT2D eigenvalue weighted by atomic mass is 10.2. The number of nitrogens with one attached hydrogen (secondary N) is 1. The summed E-state index contributed by atoms with van der Waals surface area (Å²) in [4.78, 5) is 14.7. The second kappa shape index (κ2) is 5.68. The highest BCUT2D eigenvalue weighted by atomic mass is 35.5. The zero-order chi connectivity index (χ0) is 14.2. The molecule has 1 amide bonds. The second-order valence-electron chi connectivity index (χ2n) is 3.98. The number of anilines is 1. The van der Waals surface area contributed by atoms with E-state index in [9.17, 15) is 18.0 Å². The van der Waals surface area contributed by atoms with E-state index in [2.05, 4.69) is 14.7 Å². The minimum absolute atomic E-state index is 0. The number of nitrogens with zero attached hydrogens (tertiary/aromatic N) is 1. The van der Waals surface area contributed by atoms with Crippen molar-refractivity contribution in [2.45, 2.75) is 19.1 Å². The van der Waals surface area contributed by atoms with Crippen LogP contribution in [0.1, 0.15) is 12.8 Å². The van der Waals surface area contributed by atoms with Gasteiger partial charge in [-0.25, -0.2) is 4.98 Å². The molecule has 9 heteroatoms. The summed E-state index contributed by atoms with van der Waals surface area (Å²) in [6.45, 7) is 1.49. The van der Waals surface area contributed by atoms with Crippen LogP contribution in [-0.2, 0) is 11.0 Å². The van der Waals surface area contributed by atoms with Crippen LogP contribution >= 0.6 is 12.4 Å². The molecule has 0 saturated heterocycles. The second-order valence-corrected chi connectivity index (χ2v) is 3.98. The number of hydrogen-bond acceptors (Lipinski definition) is 4. The van der Waals surface area contributed by atoms with Gasteiger partial charge in [0, 0.05) is 5.69 Å². The number of carbonyl (C=O) groups excluding carboxylic acids is 1. The third kappa shape index (κ3) is 3.40. The van der Waals surface area contributed by atoms with Crippen molar-refractivity contribution >= 4 is 35.1 Å². The van der Waals surface area contributed by atoms with Crippen LogP contribution in [-0.4, -0.2) is 16.9 Å². The van der Waals surface area contributed by atoms with E-state index in [0.717, 1.165) is 0 Å². The van der Waals surface area contributed by atoms with Crippen molar-refractivity contribution in [1.82, 2.24) is 4.98 Å². The molecular formula is C11H11ClF3N3O2. The molecule has 0 unspecified atom stereocenters. The number of aromatic nitrogens is 1. The Morgan fingerprint density at radius 3 is 2.65 bits per heavy atom. The minimum atomic E-state index is -4.64. The number of rotatable bonds is 2. The number of oxazole rings is 1. The number of amides is 1. The molecule has 2 aromatic rings. The molecule has 0 fully saturated rings. The Kier molecular flexibility index (Phi) is 4.61. The summed E-state index contributed by atoms with van der Waals surface area (Å²) in [7, 11) is 0. The summed E-state index contributed by atoms with van der Waals surface area (Å²) < 4.78 is 41.8. The summed E-state index contributed by atoms with van der Waals surface area (Å²) in [6, 6.07) is 3.27. The van der Waals surface area contributed by atoms with E-state index < -0.39 is 24.0 Å². The van der Waals surface area contributed by atoms with Crippen LogP contribution in [0, 0.1) is 0 Å².